The highest BCUT2D eigenvalue weighted by atomic mass is 35.5. The number of halogens is 1. The van der Waals surface area contributed by atoms with Gasteiger partial charge >= 0.3 is 0 Å². The van der Waals surface area contributed by atoms with Gasteiger partial charge in [-0.1, -0.05) is 23.7 Å². The molecule has 1 N–H and O–H groups in total. The average molecular weight is 265 g/mol. The van der Waals surface area contributed by atoms with Crippen LogP contribution in [0.1, 0.15) is 31.2 Å². The standard InChI is InChI=1S/C15H21ClN2/c1-18(10-11-3-2-4-12(16)7-11)15-8-13-5-6-14(9-15)17-13/h2-4,7,13-15,17H,5-6,8-10H2,1H3. The summed E-state index contributed by atoms with van der Waals surface area (Å²) in [6.45, 7) is 1.00. The summed E-state index contributed by atoms with van der Waals surface area (Å²) >= 11 is 6.04. The maximum Gasteiger partial charge on any atom is 0.0409 e. The predicted molar refractivity (Wildman–Crippen MR) is 75.9 cm³/mol. The average Bonchev–Trinajstić information content (AvgIpc) is 2.68. The van der Waals surface area contributed by atoms with E-state index >= 15 is 0 Å². The Hall–Kier alpha value is -0.570. The fourth-order valence-corrected chi connectivity index (χ4v) is 3.65. The molecule has 2 nitrogen and oxygen atoms in total. The molecule has 0 aromatic heterocycles. The Labute approximate surface area is 114 Å². The molecular formula is C15H21ClN2. The largest absolute Gasteiger partial charge is 0.311 e. The zero-order valence-corrected chi connectivity index (χ0v) is 11.7. The van der Waals surface area contributed by atoms with Crippen LogP contribution >= 0.6 is 11.6 Å². The first-order valence-electron chi connectivity index (χ1n) is 6.91. The van der Waals surface area contributed by atoms with Crippen LogP contribution in [-0.2, 0) is 6.54 Å². The number of nitrogens with zero attached hydrogens (tertiary/aromatic N) is 1. The highest BCUT2D eigenvalue weighted by molar-refractivity contribution is 6.30. The second-order valence-electron chi connectivity index (χ2n) is 5.81. The zero-order chi connectivity index (χ0) is 12.5. The van der Waals surface area contributed by atoms with Crippen LogP contribution in [0.2, 0.25) is 5.02 Å². The minimum absolute atomic E-state index is 0.725. The Kier molecular flexibility index (Phi) is 3.60. The van der Waals surface area contributed by atoms with Crippen molar-refractivity contribution in [3.05, 3.63) is 34.9 Å². The van der Waals surface area contributed by atoms with Crippen molar-refractivity contribution >= 4 is 11.6 Å². The Balaban J connectivity index is 1.63. The number of fused-ring (bicyclic) bond motifs is 2. The fraction of sp³-hybridized carbons (Fsp3) is 0.600. The highest BCUT2D eigenvalue weighted by Gasteiger charge is 2.34. The molecule has 3 rings (SSSR count). The molecule has 2 heterocycles. The van der Waals surface area contributed by atoms with Gasteiger partial charge < -0.3 is 5.32 Å². The predicted octanol–water partition coefficient (Wildman–Crippen LogP) is 3.05. The number of hydrogen-bond donors (Lipinski definition) is 1. The molecular weight excluding hydrogens is 244 g/mol. The SMILES string of the molecule is CN(Cc1cccc(Cl)c1)C1CC2CCC(C1)N2. The monoisotopic (exact) mass is 264 g/mol. The molecule has 2 unspecified atom stereocenters. The van der Waals surface area contributed by atoms with E-state index in [4.69, 9.17) is 11.6 Å². The van der Waals surface area contributed by atoms with Gasteiger partial charge in [-0.2, -0.15) is 0 Å². The third-order valence-electron chi connectivity index (χ3n) is 4.39. The van der Waals surface area contributed by atoms with E-state index < -0.39 is 0 Å². The smallest absolute Gasteiger partial charge is 0.0409 e. The van der Waals surface area contributed by atoms with Crippen molar-refractivity contribution in [2.75, 3.05) is 7.05 Å². The second kappa shape index (κ2) is 5.20. The minimum Gasteiger partial charge on any atom is -0.311 e. The normalized spacial score (nSPS) is 30.9. The van der Waals surface area contributed by atoms with Crippen LogP contribution in [0.4, 0.5) is 0 Å². The van der Waals surface area contributed by atoms with Crippen LogP contribution in [-0.4, -0.2) is 30.1 Å². The van der Waals surface area contributed by atoms with Gasteiger partial charge in [-0.15, -0.1) is 0 Å². The molecule has 2 atom stereocenters. The number of benzene rings is 1. The third kappa shape index (κ3) is 2.71. The molecule has 0 radical (unpaired) electrons. The fourth-order valence-electron chi connectivity index (χ4n) is 3.44. The van der Waals surface area contributed by atoms with Gasteiger partial charge in [-0.25, -0.2) is 0 Å². The molecule has 1 aromatic carbocycles. The van der Waals surface area contributed by atoms with E-state index in [0.29, 0.717) is 0 Å². The van der Waals surface area contributed by atoms with Crippen molar-refractivity contribution in [3.63, 3.8) is 0 Å². The first-order valence-corrected chi connectivity index (χ1v) is 7.29. The van der Waals surface area contributed by atoms with E-state index in [1.807, 2.05) is 12.1 Å². The van der Waals surface area contributed by atoms with E-state index in [1.54, 1.807) is 0 Å². The molecule has 2 aliphatic heterocycles. The lowest BCUT2D eigenvalue weighted by Crippen LogP contribution is -2.46. The topological polar surface area (TPSA) is 15.3 Å². The molecule has 2 fully saturated rings. The van der Waals surface area contributed by atoms with Crippen molar-refractivity contribution < 1.29 is 0 Å². The van der Waals surface area contributed by atoms with E-state index in [-0.39, 0.29) is 0 Å². The quantitative estimate of drug-likeness (QED) is 0.903. The first-order chi connectivity index (χ1) is 8.70. The zero-order valence-electron chi connectivity index (χ0n) is 10.9. The van der Waals surface area contributed by atoms with Crippen LogP contribution in [0, 0.1) is 0 Å². The van der Waals surface area contributed by atoms with Crippen LogP contribution in [0.5, 0.6) is 0 Å². The summed E-state index contributed by atoms with van der Waals surface area (Å²) in [6.07, 6.45) is 5.33. The molecule has 1 aromatic rings. The summed E-state index contributed by atoms with van der Waals surface area (Å²) in [7, 11) is 2.25. The summed E-state index contributed by atoms with van der Waals surface area (Å²) < 4.78 is 0. The molecule has 98 valence electrons. The number of nitrogens with one attached hydrogen (secondary N) is 1. The lowest BCUT2D eigenvalue weighted by Gasteiger charge is -2.35. The van der Waals surface area contributed by atoms with Gasteiger partial charge in [0, 0.05) is 29.7 Å². The van der Waals surface area contributed by atoms with Crippen LogP contribution < -0.4 is 5.32 Å². The first kappa shape index (κ1) is 12.5. The van der Waals surface area contributed by atoms with E-state index in [2.05, 4.69) is 29.4 Å². The molecule has 2 bridgehead atoms. The molecule has 3 heteroatoms. The van der Waals surface area contributed by atoms with Crippen molar-refractivity contribution in [2.45, 2.75) is 50.4 Å². The van der Waals surface area contributed by atoms with Crippen LogP contribution in [0.25, 0.3) is 0 Å². The Bertz CT molecular complexity index is 409. The van der Waals surface area contributed by atoms with Crippen molar-refractivity contribution in [3.8, 4) is 0 Å². The lowest BCUT2D eigenvalue weighted by atomic mass is 9.98. The van der Waals surface area contributed by atoms with Gasteiger partial charge in [0.1, 0.15) is 0 Å². The van der Waals surface area contributed by atoms with Gasteiger partial charge in [0.25, 0.3) is 0 Å². The van der Waals surface area contributed by atoms with E-state index in [9.17, 15) is 0 Å². The van der Waals surface area contributed by atoms with Crippen molar-refractivity contribution in [2.24, 2.45) is 0 Å². The highest BCUT2D eigenvalue weighted by Crippen LogP contribution is 2.29. The number of rotatable bonds is 3. The molecule has 18 heavy (non-hydrogen) atoms. The summed E-state index contributed by atoms with van der Waals surface area (Å²) in [4.78, 5) is 2.50. The second-order valence-corrected chi connectivity index (χ2v) is 6.24. The third-order valence-corrected chi connectivity index (χ3v) is 4.63. The lowest BCUT2D eigenvalue weighted by molar-refractivity contribution is 0.166. The molecule has 0 saturated carbocycles. The van der Waals surface area contributed by atoms with Gasteiger partial charge in [-0.3, -0.25) is 4.90 Å². The van der Waals surface area contributed by atoms with Crippen molar-refractivity contribution in [1.29, 1.82) is 0 Å². The van der Waals surface area contributed by atoms with Gasteiger partial charge in [0.15, 0.2) is 0 Å². The molecule has 0 spiro atoms. The van der Waals surface area contributed by atoms with Gasteiger partial charge in [0.2, 0.25) is 0 Å². The number of piperidine rings is 1. The maximum absolute atomic E-state index is 6.04. The van der Waals surface area contributed by atoms with Gasteiger partial charge in [0.05, 0.1) is 0 Å². The molecule has 0 amide bonds. The molecule has 2 saturated heterocycles. The summed E-state index contributed by atoms with van der Waals surface area (Å²) in [5.41, 5.74) is 1.32. The van der Waals surface area contributed by atoms with Crippen LogP contribution in [0.3, 0.4) is 0 Å². The van der Waals surface area contributed by atoms with E-state index in [0.717, 1.165) is 29.7 Å². The van der Waals surface area contributed by atoms with E-state index in [1.165, 1.54) is 31.2 Å². The van der Waals surface area contributed by atoms with Crippen molar-refractivity contribution in [1.82, 2.24) is 10.2 Å². The summed E-state index contributed by atoms with van der Waals surface area (Å²) in [6, 6.07) is 10.5. The van der Waals surface area contributed by atoms with Gasteiger partial charge in [-0.05, 0) is 50.4 Å². The Morgan fingerprint density at radius 2 is 2.00 bits per heavy atom. The summed E-state index contributed by atoms with van der Waals surface area (Å²) in [5.74, 6) is 0. The number of hydrogen-bond acceptors (Lipinski definition) is 2. The Morgan fingerprint density at radius 3 is 2.67 bits per heavy atom. The summed E-state index contributed by atoms with van der Waals surface area (Å²) in [5, 5.41) is 4.54. The molecule has 2 aliphatic rings. The van der Waals surface area contributed by atoms with Crippen LogP contribution in [0.15, 0.2) is 24.3 Å². The maximum atomic E-state index is 6.04. The minimum atomic E-state index is 0.725. The molecule has 0 aliphatic carbocycles. The Morgan fingerprint density at radius 1 is 1.28 bits per heavy atom.